The van der Waals surface area contributed by atoms with E-state index in [0.29, 0.717) is 35.0 Å². The summed E-state index contributed by atoms with van der Waals surface area (Å²) in [6.07, 6.45) is 6.67. The van der Waals surface area contributed by atoms with Crippen LogP contribution < -0.4 is 10.3 Å². The number of methoxy groups -OCH3 is 1. The van der Waals surface area contributed by atoms with Crippen LogP contribution in [-0.4, -0.2) is 28.3 Å². The van der Waals surface area contributed by atoms with Crippen LogP contribution in [0, 0.1) is 6.92 Å². The summed E-state index contributed by atoms with van der Waals surface area (Å²) in [6, 6.07) is 1.71. The molecule has 6 nitrogen and oxygen atoms in total. The molecule has 9 heteroatoms. The SMILES string of the molecule is COCc1cnc(Cn2c(C)cc(OCC3=CC=C(F)C=C(F)C3)c(Br)c2=O)cn1. The molecular weight excluding hydrogens is 460 g/mol. The maximum Gasteiger partial charge on any atom is 0.269 e. The highest BCUT2D eigenvalue weighted by Gasteiger charge is 2.15. The van der Waals surface area contributed by atoms with Gasteiger partial charge in [0.2, 0.25) is 0 Å². The summed E-state index contributed by atoms with van der Waals surface area (Å²) < 4.78 is 39.4. The molecule has 0 radical (unpaired) electrons. The van der Waals surface area contributed by atoms with Gasteiger partial charge in [0.1, 0.15) is 28.5 Å². The summed E-state index contributed by atoms with van der Waals surface area (Å²) in [6.45, 7) is 2.41. The lowest BCUT2D eigenvalue weighted by Gasteiger charge is -2.15. The van der Waals surface area contributed by atoms with Crippen LogP contribution in [0.4, 0.5) is 8.78 Å². The summed E-state index contributed by atoms with van der Waals surface area (Å²) in [4.78, 5) is 21.4. The number of hydrogen-bond acceptors (Lipinski definition) is 5. The van der Waals surface area contributed by atoms with Gasteiger partial charge in [-0.3, -0.25) is 14.8 Å². The third-order valence-corrected chi connectivity index (χ3v) is 5.10. The van der Waals surface area contributed by atoms with Crippen molar-refractivity contribution in [1.82, 2.24) is 14.5 Å². The number of halogens is 3. The minimum atomic E-state index is -0.652. The largest absolute Gasteiger partial charge is 0.488 e. The smallest absolute Gasteiger partial charge is 0.269 e. The molecule has 0 saturated carbocycles. The fourth-order valence-electron chi connectivity index (χ4n) is 2.86. The van der Waals surface area contributed by atoms with Gasteiger partial charge in [-0.1, -0.05) is 6.08 Å². The molecule has 158 valence electrons. The number of aryl methyl sites for hydroxylation is 1. The third kappa shape index (κ3) is 5.48. The van der Waals surface area contributed by atoms with Crippen LogP contribution >= 0.6 is 15.9 Å². The molecule has 0 amide bonds. The van der Waals surface area contributed by atoms with Crippen molar-refractivity contribution in [2.24, 2.45) is 0 Å². The van der Waals surface area contributed by atoms with Gasteiger partial charge >= 0.3 is 0 Å². The van der Waals surface area contributed by atoms with Crippen molar-refractivity contribution in [2.75, 3.05) is 13.7 Å². The summed E-state index contributed by atoms with van der Waals surface area (Å²) in [5, 5.41) is 0. The second-order valence-corrected chi connectivity index (χ2v) is 7.51. The second kappa shape index (κ2) is 9.90. The Bertz CT molecular complexity index is 1080. The maximum absolute atomic E-state index is 13.6. The third-order valence-electron chi connectivity index (χ3n) is 4.37. The van der Waals surface area contributed by atoms with Crippen LogP contribution in [0.25, 0.3) is 0 Å². The van der Waals surface area contributed by atoms with Gasteiger partial charge in [-0.2, -0.15) is 0 Å². The van der Waals surface area contributed by atoms with E-state index in [2.05, 4.69) is 25.9 Å². The van der Waals surface area contributed by atoms with Gasteiger partial charge in [0.25, 0.3) is 5.56 Å². The molecule has 0 fully saturated rings. The van der Waals surface area contributed by atoms with Crippen LogP contribution in [0.2, 0.25) is 0 Å². The Morgan fingerprint density at radius 2 is 1.90 bits per heavy atom. The summed E-state index contributed by atoms with van der Waals surface area (Å²) >= 11 is 3.28. The number of hydrogen-bond donors (Lipinski definition) is 0. The lowest BCUT2D eigenvalue weighted by molar-refractivity contribution is 0.181. The van der Waals surface area contributed by atoms with Gasteiger partial charge in [-0.15, -0.1) is 0 Å². The monoisotopic (exact) mass is 479 g/mol. The van der Waals surface area contributed by atoms with E-state index in [0.717, 1.165) is 6.08 Å². The van der Waals surface area contributed by atoms with E-state index in [9.17, 15) is 13.6 Å². The Kier molecular flexibility index (Phi) is 7.28. The zero-order valence-corrected chi connectivity index (χ0v) is 18.1. The quantitative estimate of drug-likeness (QED) is 0.591. The number of nitrogens with zero attached hydrogens (tertiary/aromatic N) is 3. The predicted molar refractivity (Wildman–Crippen MR) is 112 cm³/mol. The van der Waals surface area contributed by atoms with Crippen LogP contribution in [-0.2, 0) is 17.9 Å². The Morgan fingerprint density at radius 1 is 1.17 bits per heavy atom. The molecule has 0 aliphatic heterocycles. The molecule has 2 aromatic rings. The van der Waals surface area contributed by atoms with E-state index in [-0.39, 0.29) is 29.6 Å². The highest BCUT2D eigenvalue weighted by Crippen LogP contribution is 2.25. The first kappa shape index (κ1) is 22.0. The van der Waals surface area contributed by atoms with Gasteiger partial charge in [-0.05, 0) is 34.5 Å². The molecule has 0 atom stereocenters. The molecule has 2 aromatic heterocycles. The molecule has 1 aliphatic carbocycles. The average Bonchev–Trinajstić information content (AvgIpc) is 2.88. The van der Waals surface area contributed by atoms with Crippen LogP contribution in [0.15, 0.2) is 63.2 Å². The number of pyridine rings is 1. The van der Waals surface area contributed by atoms with E-state index in [4.69, 9.17) is 9.47 Å². The van der Waals surface area contributed by atoms with Crippen molar-refractivity contribution in [2.45, 2.75) is 26.5 Å². The Morgan fingerprint density at radius 3 is 2.60 bits per heavy atom. The lowest BCUT2D eigenvalue weighted by Crippen LogP contribution is -2.25. The van der Waals surface area contributed by atoms with E-state index >= 15 is 0 Å². The normalized spacial score (nSPS) is 14.0. The van der Waals surface area contributed by atoms with Crippen LogP contribution in [0.1, 0.15) is 23.5 Å². The van der Waals surface area contributed by atoms with Crippen molar-refractivity contribution >= 4 is 15.9 Å². The zero-order valence-electron chi connectivity index (χ0n) is 16.5. The average molecular weight is 480 g/mol. The molecule has 1 aliphatic rings. The van der Waals surface area contributed by atoms with E-state index in [1.165, 1.54) is 12.2 Å². The van der Waals surface area contributed by atoms with Crippen molar-refractivity contribution in [1.29, 1.82) is 0 Å². The molecule has 3 rings (SSSR count). The van der Waals surface area contributed by atoms with Crippen molar-refractivity contribution in [3.63, 3.8) is 0 Å². The lowest BCUT2D eigenvalue weighted by atomic mass is 10.2. The summed E-state index contributed by atoms with van der Waals surface area (Å²) in [5.41, 5.74) is 2.24. The highest BCUT2D eigenvalue weighted by atomic mass is 79.9. The first-order valence-corrected chi connectivity index (χ1v) is 9.89. The van der Waals surface area contributed by atoms with Gasteiger partial charge in [0.05, 0.1) is 36.9 Å². The standard InChI is InChI=1S/C21H20BrF2N3O3/c1-13-5-19(30-11-14-3-4-15(23)7-16(24)6-14)20(22)21(28)27(13)10-17-8-26-18(9-25-17)12-29-2/h3-5,7-9H,6,10-12H2,1-2H3. The summed E-state index contributed by atoms with van der Waals surface area (Å²) in [5.74, 6) is -0.908. The maximum atomic E-state index is 13.6. The fourth-order valence-corrected chi connectivity index (χ4v) is 3.30. The Labute approximate surface area is 180 Å². The molecule has 30 heavy (non-hydrogen) atoms. The van der Waals surface area contributed by atoms with E-state index in [1.54, 1.807) is 37.1 Å². The number of ether oxygens (including phenoxy) is 2. The number of aromatic nitrogens is 3. The van der Waals surface area contributed by atoms with E-state index < -0.39 is 11.7 Å². The van der Waals surface area contributed by atoms with Gasteiger partial charge in [0, 0.05) is 31.4 Å². The second-order valence-electron chi connectivity index (χ2n) is 6.72. The minimum absolute atomic E-state index is 0.0268. The van der Waals surface area contributed by atoms with Crippen molar-refractivity contribution in [3.05, 3.63) is 85.8 Å². The molecule has 0 saturated heterocycles. The predicted octanol–water partition coefficient (Wildman–Crippen LogP) is 4.32. The molecule has 2 heterocycles. The fraction of sp³-hybridized carbons (Fsp3) is 0.286. The number of allylic oxidation sites excluding steroid dienone is 5. The first-order chi connectivity index (χ1) is 14.4. The molecule has 0 N–H and O–H groups in total. The zero-order chi connectivity index (χ0) is 21.7. The number of rotatable bonds is 7. The molecule has 0 unspecified atom stereocenters. The Hall–Kier alpha value is -2.65. The van der Waals surface area contributed by atoms with Gasteiger partial charge in [-0.25, -0.2) is 8.78 Å². The van der Waals surface area contributed by atoms with Crippen LogP contribution in [0.3, 0.4) is 0 Å². The van der Waals surface area contributed by atoms with Crippen molar-refractivity contribution < 1.29 is 18.3 Å². The Balaban J connectivity index is 1.76. The summed E-state index contributed by atoms with van der Waals surface area (Å²) in [7, 11) is 1.58. The first-order valence-electron chi connectivity index (χ1n) is 9.10. The van der Waals surface area contributed by atoms with Crippen LogP contribution in [0.5, 0.6) is 5.75 Å². The molecular formula is C21H20BrF2N3O3. The van der Waals surface area contributed by atoms with Gasteiger partial charge in [0.15, 0.2) is 0 Å². The van der Waals surface area contributed by atoms with E-state index in [1.807, 2.05) is 0 Å². The molecule has 0 spiro atoms. The molecule has 0 bridgehead atoms. The topological polar surface area (TPSA) is 66.2 Å². The van der Waals surface area contributed by atoms with Crippen molar-refractivity contribution in [3.8, 4) is 5.75 Å². The molecule has 0 aromatic carbocycles. The highest BCUT2D eigenvalue weighted by molar-refractivity contribution is 9.10. The van der Waals surface area contributed by atoms with Gasteiger partial charge < -0.3 is 14.0 Å². The minimum Gasteiger partial charge on any atom is -0.488 e.